The number of benzene rings is 1. The molecular weight excluding hydrogens is 555 g/mol. The number of hydrogen-bond donors (Lipinski definition) is 3. The third-order valence-corrected chi connectivity index (χ3v) is 6.89. The van der Waals surface area contributed by atoms with Gasteiger partial charge in [0.1, 0.15) is 17.0 Å². The number of ether oxygens (including phenoxy) is 1. The van der Waals surface area contributed by atoms with Crippen LogP contribution in [-0.4, -0.2) is 63.2 Å². The number of nitrogens with zero attached hydrogens (tertiary/aromatic N) is 6. The Hall–Kier alpha value is -3.47. The fraction of sp³-hybridized carbons (Fsp3) is 0.308. The van der Waals surface area contributed by atoms with E-state index in [0.29, 0.717) is 40.2 Å². The second-order valence-electron chi connectivity index (χ2n) is 9.53. The smallest absolute Gasteiger partial charge is 0.435 e. The molecule has 1 saturated heterocycles. The second-order valence-corrected chi connectivity index (χ2v) is 11.2. The van der Waals surface area contributed by atoms with E-state index in [1.807, 2.05) is 32.9 Å². The number of carbonyl (C=O) groups is 1. The molecule has 0 spiro atoms. The number of anilines is 1. The van der Waals surface area contributed by atoms with Gasteiger partial charge in [-0.15, -0.1) is 23.3 Å². The molecule has 0 radical (unpaired) electrons. The first-order chi connectivity index (χ1) is 18.7. The van der Waals surface area contributed by atoms with Crippen LogP contribution >= 0.6 is 23.3 Å². The van der Waals surface area contributed by atoms with Gasteiger partial charge in [0, 0.05) is 51.7 Å². The molecule has 4 heterocycles. The van der Waals surface area contributed by atoms with Gasteiger partial charge >= 0.3 is 6.09 Å². The van der Waals surface area contributed by atoms with E-state index in [2.05, 4.69) is 65.5 Å². The predicted molar refractivity (Wildman–Crippen MR) is 158 cm³/mol. The minimum atomic E-state index is -0.785. The van der Waals surface area contributed by atoms with Crippen molar-refractivity contribution in [2.24, 2.45) is 0 Å². The molecule has 1 N–H and O–H groups in total. The fourth-order valence-electron chi connectivity index (χ4n) is 3.76. The lowest BCUT2D eigenvalue weighted by Gasteiger charge is -2.19. The van der Waals surface area contributed by atoms with E-state index >= 15 is 0 Å². The minimum Gasteiger partial charge on any atom is -0.442 e. The van der Waals surface area contributed by atoms with Gasteiger partial charge in [-0.05, 0) is 63.4 Å². The van der Waals surface area contributed by atoms with Gasteiger partial charge in [0.2, 0.25) is 5.95 Å². The summed E-state index contributed by atoms with van der Waals surface area (Å²) < 4.78 is 18.3. The average Bonchev–Trinajstić information content (AvgIpc) is 3.53. The van der Waals surface area contributed by atoms with Crippen molar-refractivity contribution >= 4 is 57.1 Å². The third-order valence-electron chi connectivity index (χ3n) is 5.42. The van der Waals surface area contributed by atoms with E-state index in [1.165, 1.54) is 4.68 Å². The summed E-state index contributed by atoms with van der Waals surface area (Å²) in [5.74, 6) is 8.35. The highest BCUT2D eigenvalue weighted by Crippen LogP contribution is 2.19. The minimum absolute atomic E-state index is 0.0998. The molecule has 1 aliphatic heterocycles. The van der Waals surface area contributed by atoms with E-state index in [0.717, 1.165) is 17.4 Å². The van der Waals surface area contributed by atoms with Gasteiger partial charge in [0.05, 0.1) is 11.7 Å². The lowest BCUT2D eigenvalue weighted by atomic mass is 10.1. The molecule has 10 nitrogen and oxygen atoms in total. The van der Waals surface area contributed by atoms with E-state index in [4.69, 9.17) is 4.74 Å². The molecule has 0 aliphatic carbocycles. The van der Waals surface area contributed by atoms with Crippen molar-refractivity contribution in [2.45, 2.75) is 38.8 Å². The van der Waals surface area contributed by atoms with Crippen LogP contribution < -0.4 is 5.32 Å². The first kappa shape index (κ1) is 28.5. The maximum absolute atomic E-state index is 12.4. The largest absolute Gasteiger partial charge is 0.442 e. The number of aromatic nitrogens is 6. The highest BCUT2D eigenvalue weighted by Gasteiger charge is 2.22. The molecule has 2 atom stereocenters. The highest BCUT2D eigenvalue weighted by molar-refractivity contribution is 8.59. The molecule has 202 valence electrons. The molecule has 3 aromatic heterocycles. The van der Waals surface area contributed by atoms with Gasteiger partial charge in [-0.1, -0.05) is 5.92 Å². The van der Waals surface area contributed by atoms with Gasteiger partial charge < -0.3 is 10.1 Å². The summed E-state index contributed by atoms with van der Waals surface area (Å²) in [6, 6.07) is 9.03. The van der Waals surface area contributed by atoms with Crippen molar-refractivity contribution in [3.8, 4) is 23.4 Å². The number of rotatable bonds is 3. The van der Waals surface area contributed by atoms with Crippen LogP contribution in [0.15, 0.2) is 48.9 Å². The number of thiol groups is 2. The van der Waals surface area contributed by atoms with Crippen molar-refractivity contribution in [3.63, 3.8) is 0 Å². The molecule has 1 fully saturated rings. The Kier molecular flexibility index (Phi) is 9.21. The summed E-state index contributed by atoms with van der Waals surface area (Å²) in [5.41, 5.74) is 1.88. The Morgan fingerprint density at radius 2 is 1.92 bits per heavy atom. The van der Waals surface area contributed by atoms with Crippen LogP contribution in [0, 0.1) is 11.8 Å². The fourth-order valence-corrected chi connectivity index (χ4v) is 5.18. The van der Waals surface area contributed by atoms with Crippen LogP contribution in [0.4, 0.5) is 10.7 Å². The lowest BCUT2D eigenvalue weighted by Crippen LogP contribution is -2.27. The predicted octanol–water partition coefficient (Wildman–Crippen LogP) is 4.16. The van der Waals surface area contributed by atoms with Crippen LogP contribution in [0.3, 0.4) is 0 Å². The van der Waals surface area contributed by atoms with Gasteiger partial charge in [-0.25, -0.2) is 24.7 Å². The van der Waals surface area contributed by atoms with E-state index in [9.17, 15) is 9.00 Å². The van der Waals surface area contributed by atoms with E-state index < -0.39 is 22.5 Å². The van der Waals surface area contributed by atoms with Crippen LogP contribution in [-0.2, 0) is 15.5 Å². The van der Waals surface area contributed by atoms with Crippen molar-refractivity contribution in [1.29, 1.82) is 0 Å². The van der Waals surface area contributed by atoms with Crippen molar-refractivity contribution < 1.29 is 13.7 Å². The quantitative estimate of drug-likeness (QED) is 0.186. The zero-order valence-corrected chi connectivity index (χ0v) is 24.1. The zero-order valence-electron chi connectivity index (χ0n) is 21.5. The van der Waals surface area contributed by atoms with Gasteiger partial charge in [0.25, 0.3) is 0 Å². The van der Waals surface area contributed by atoms with Gasteiger partial charge in [0.15, 0.2) is 5.82 Å². The van der Waals surface area contributed by atoms with Gasteiger partial charge in [-0.2, -0.15) is 9.78 Å². The summed E-state index contributed by atoms with van der Waals surface area (Å²) >= 11 is 6.44. The summed E-state index contributed by atoms with van der Waals surface area (Å²) in [6.45, 7) is 5.43. The number of nitrogens with one attached hydrogen (secondary N) is 1. The molecule has 5 rings (SSSR count). The van der Waals surface area contributed by atoms with Crippen LogP contribution in [0.1, 0.15) is 38.4 Å². The second kappa shape index (κ2) is 12.6. The summed E-state index contributed by atoms with van der Waals surface area (Å²) in [4.78, 5) is 30.1. The number of carbonyl (C=O) groups excluding carboxylic acids is 1. The third kappa shape index (κ3) is 7.56. The average molecular weight is 582 g/mol. The van der Waals surface area contributed by atoms with Crippen molar-refractivity contribution in [3.05, 3.63) is 60.2 Å². The Balaban J connectivity index is 0.00000172. The van der Waals surface area contributed by atoms with Crippen molar-refractivity contribution in [2.75, 3.05) is 16.8 Å². The summed E-state index contributed by atoms with van der Waals surface area (Å²) in [6.07, 6.45) is 5.18. The topological polar surface area (TPSA) is 125 Å². The highest BCUT2D eigenvalue weighted by atomic mass is 33.1. The molecule has 2 unspecified atom stereocenters. The van der Waals surface area contributed by atoms with Crippen LogP contribution in [0.5, 0.6) is 0 Å². The van der Waals surface area contributed by atoms with Crippen LogP contribution in [0.2, 0.25) is 0 Å². The van der Waals surface area contributed by atoms with E-state index in [1.54, 1.807) is 36.8 Å². The molecular formula is C26H27N7O3S3. The monoisotopic (exact) mass is 581 g/mol. The Morgan fingerprint density at radius 3 is 2.67 bits per heavy atom. The molecule has 4 aromatic rings. The SMILES string of the molecule is CC(C)(C)OC(=O)n1ncc2cc(C#Cc3ccnc(-c4ccnc(NC5CCS(=O)C5)n4)n3)ccc21.SS. The van der Waals surface area contributed by atoms with Crippen LogP contribution in [0.25, 0.3) is 22.4 Å². The zero-order chi connectivity index (χ0) is 28.0. The Bertz CT molecular complexity index is 1570. The maximum Gasteiger partial charge on any atom is 0.435 e. The lowest BCUT2D eigenvalue weighted by molar-refractivity contribution is 0.0522. The first-order valence-electron chi connectivity index (χ1n) is 11.9. The number of fused-ring (bicyclic) bond motifs is 1. The normalized spacial score (nSPS) is 16.5. The maximum atomic E-state index is 12.4. The summed E-state index contributed by atoms with van der Waals surface area (Å²) in [5, 5.41) is 8.18. The molecule has 1 aromatic carbocycles. The Labute approximate surface area is 239 Å². The molecule has 0 amide bonds. The number of hydrogen-bond acceptors (Lipinski definition) is 11. The molecule has 13 heteroatoms. The molecule has 39 heavy (non-hydrogen) atoms. The molecule has 0 saturated carbocycles. The first-order valence-corrected chi connectivity index (χ1v) is 15.0. The molecule has 0 bridgehead atoms. The summed E-state index contributed by atoms with van der Waals surface area (Å²) in [7, 11) is -0.785. The Morgan fingerprint density at radius 1 is 1.13 bits per heavy atom. The van der Waals surface area contributed by atoms with Gasteiger partial charge in [-0.3, -0.25) is 4.21 Å². The van der Waals surface area contributed by atoms with E-state index in [-0.39, 0.29) is 6.04 Å². The molecule has 1 aliphatic rings. The van der Waals surface area contributed by atoms with Crippen molar-refractivity contribution in [1.82, 2.24) is 29.7 Å². The standard InChI is InChI=1S/C26H25N7O3S.H2S2/c1-26(2,3)36-25(34)33-22-7-5-17(14-18(22)15-29-33)4-6-19-8-11-27-23(30-19)21-9-12-28-24(32-21)31-20-10-13-37(35)16-20;1-2/h5,7-9,11-12,14-15,20H,10,13,16H2,1-3H3,(H,28,31,32);1-2H.